The van der Waals surface area contributed by atoms with Gasteiger partial charge in [-0.3, -0.25) is 0 Å². The van der Waals surface area contributed by atoms with E-state index in [1.807, 2.05) is 0 Å². The molecule has 21 heavy (non-hydrogen) atoms. The van der Waals surface area contributed by atoms with E-state index in [2.05, 4.69) is 10.2 Å². The Balaban J connectivity index is 2.20. The van der Waals surface area contributed by atoms with Gasteiger partial charge in [-0.15, -0.1) is 10.2 Å². The minimum Gasteiger partial charge on any atom is -0.507 e. The molecule has 0 amide bonds. The van der Waals surface area contributed by atoms with Crippen molar-refractivity contribution in [1.29, 1.82) is 0 Å². The first-order valence-corrected chi connectivity index (χ1v) is 6.71. The molecule has 0 saturated carbocycles. The van der Waals surface area contributed by atoms with E-state index in [1.54, 1.807) is 10.8 Å². The highest BCUT2D eigenvalue weighted by atomic mass is 32.1. The summed E-state index contributed by atoms with van der Waals surface area (Å²) >= 11 is 1.37. The Labute approximate surface area is 120 Å². The highest BCUT2D eigenvalue weighted by molar-refractivity contribution is 7.09. The van der Waals surface area contributed by atoms with Crippen molar-refractivity contribution >= 4 is 27.9 Å². The Morgan fingerprint density at radius 2 is 1.81 bits per heavy atom. The number of phenols is 1. The average molecular weight is 311 g/mol. The van der Waals surface area contributed by atoms with Crippen molar-refractivity contribution < 1.29 is 18.3 Å². The maximum atomic E-state index is 12.6. The molecular weight excluding hydrogens is 303 g/mol. The van der Waals surface area contributed by atoms with Crippen LogP contribution in [-0.2, 0) is 6.18 Å². The molecule has 0 fully saturated rings. The lowest BCUT2D eigenvalue weighted by Gasteiger charge is -2.10. The second kappa shape index (κ2) is 4.59. The van der Waals surface area contributed by atoms with E-state index in [9.17, 15) is 18.3 Å². The molecule has 0 atom stereocenters. The van der Waals surface area contributed by atoms with Gasteiger partial charge in [0.15, 0.2) is 5.82 Å². The smallest absolute Gasteiger partial charge is 0.416 e. The maximum Gasteiger partial charge on any atom is 0.416 e. The number of thiophene rings is 1. The average Bonchev–Trinajstić information content (AvgIpc) is 2.89. The Morgan fingerprint density at radius 1 is 1.10 bits per heavy atom. The third-order valence-electron chi connectivity index (χ3n) is 3.03. The van der Waals surface area contributed by atoms with Gasteiger partial charge in [-0.05, 0) is 18.2 Å². The Kier molecular flexibility index (Phi) is 2.98. The van der Waals surface area contributed by atoms with E-state index < -0.39 is 17.5 Å². The molecule has 4 nitrogen and oxygen atoms in total. The highest BCUT2D eigenvalue weighted by Crippen LogP contribution is 2.39. The van der Waals surface area contributed by atoms with Gasteiger partial charge in [-0.1, -0.05) is 0 Å². The number of nitrogens with two attached hydrogens (primary N) is 1. The largest absolute Gasteiger partial charge is 0.507 e. The minimum absolute atomic E-state index is 0.180. The summed E-state index contributed by atoms with van der Waals surface area (Å²) in [5, 5.41) is 22.4. The lowest BCUT2D eigenvalue weighted by molar-refractivity contribution is -0.137. The number of aromatic nitrogens is 2. The second-order valence-corrected chi connectivity index (χ2v) is 5.11. The summed E-state index contributed by atoms with van der Waals surface area (Å²) in [6.45, 7) is 0. The van der Waals surface area contributed by atoms with Crippen LogP contribution in [0.5, 0.6) is 5.75 Å². The zero-order chi connectivity index (χ0) is 15.2. The topological polar surface area (TPSA) is 72.0 Å². The van der Waals surface area contributed by atoms with Crippen LogP contribution in [0.4, 0.5) is 19.0 Å². The number of hydrogen-bond acceptors (Lipinski definition) is 5. The third kappa shape index (κ3) is 2.27. The summed E-state index contributed by atoms with van der Waals surface area (Å²) in [4.78, 5) is 0. The van der Waals surface area contributed by atoms with Crippen LogP contribution < -0.4 is 5.73 Å². The van der Waals surface area contributed by atoms with Crippen LogP contribution in [0.25, 0.3) is 22.0 Å². The first kappa shape index (κ1) is 13.6. The molecule has 0 radical (unpaired) electrons. The van der Waals surface area contributed by atoms with Gasteiger partial charge in [-0.2, -0.15) is 24.5 Å². The van der Waals surface area contributed by atoms with E-state index in [1.165, 1.54) is 17.4 Å². The molecule has 0 aliphatic carbocycles. The van der Waals surface area contributed by atoms with Gasteiger partial charge in [-0.25, -0.2) is 0 Å². The summed E-state index contributed by atoms with van der Waals surface area (Å²) in [6, 6.07) is 2.74. The molecule has 0 aliphatic heterocycles. The zero-order valence-electron chi connectivity index (χ0n) is 10.3. The van der Waals surface area contributed by atoms with Crippen molar-refractivity contribution in [3.63, 3.8) is 0 Å². The number of nitrogen functional groups attached to an aromatic ring is 1. The van der Waals surface area contributed by atoms with Gasteiger partial charge < -0.3 is 10.8 Å². The quantitative estimate of drug-likeness (QED) is 0.719. The molecular formula is C13H8F3N3OS. The lowest BCUT2D eigenvalue weighted by Crippen LogP contribution is -2.04. The summed E-state index contributed by atoms with van der Waals surface area (Å²) in [6.07, 6.45) is -4.51. The van der Waals surface area contributed by atoms with E-state index >= 15 is 0 Å². The van der Waals surface area contributed by atoms with Crippen LogP contribution in [0, 0.1) is 0 Å². The van der Waals surface area contributed by atoms with E-state index in [0.717, 1.165) is 6.07 Å². The van der Waals surface area contributed by atoms with Crippen molar-refractivity contribution in [2.75, 3.05) is 5.73 Å². The number of nitrogens with zero attached hydrogens (tertiary/aromatic N) is 2. The first-order chi connectivity index (χ1) is 9.88. The maximum absolute atomic E-state index is 12.6. The number of halogens is 3. The fourth-order valence-corrected chi connectivity index (χ4v) is 2.82. The van der Waals surface area contributed by atoms with Crippen LogP contribution in [0.2, 0.25) is 0 Å². The lowest BCUT2D eigenvalue weighted by atomic mass is 10.0. The zero-order valence-corrected chi connectivity index (χ0v) is 11.2. The van der Waals surface area contributed by atoms with Gasteiger partial charge in [0.1, 0.15) is 11.4 Å². The number of phenolic OH excluding ortho intramolecular Hbond substituents is 1. The normalized spacial score (nSPS) is 12.0. The van der Waals surface area contributed by atoms with Gasteiger partial charge in [0.2, 0.25) is 0 Å². The molecule has 2 heterocycles. The van der Waals surface area contributed by atoms with Crippen molar-refractivity contribution in [3.8, 4) is 17.0 Å². The molecule has 0 saturated heterocycles. The van der Waals surface area contributed by atoms with E-state index in [-0.39, 0.29) is 11.4 Å². The third-order valence-corrected chi connectivity index (χ3v) is 3.77. The molecule has 0 bridgehead atoms. The second-order valence-electron chi connectivity index (χ2n) is 4.36. The molecule has 108 valence electrons. The molecule has 3 N–H and O–H groups in total. The van der Waals surface area contributed by atoms with E-state index in [0.29, 0.717) is 22.5 Å². The predicted octanol–water partition coefficient (Wildman–Crippen LogP) is 3.66. The molecule has 0 unspecified atom stereocenters. The molecule has 1 aromatic carbocycles. The fourth-order valence-electron chi connectivity index (χ4n) is 2.00. The van der Waals surface area contributed by atoms with Gasteiger partial charge in [0.05, 0.1) is 5.56 Å². The SMILES string of the molecule is Nc1nnc(-c2ccc(C(F)(F)F)cc2O)c2cscc12. The van der Waals surface area contributed by atoms with Crippen LogP contribution in [-0.4, -0.2) is 15.3 Å². The number of anilines is 1. The summed E-state index contributed by atoms with van der Waals surface area (Å²) in [7, 11) is 0. The number of rotatable bonds is 1. The number of alkyl halides is 3. The van der Waals surface area contributed by atoms with Crippen molar-refractivity contribution in [3.05, 3.63) is 34.5 Å². The van der Waals surface area contributed by atoms with Crippen LogP contribution in [0.3, 0.4) is 0 Å². The van der Waals surface area contributed by atoms with Crippen molar-refractivity contribution in [2.24, 2.45) is 0 Å². The summed E-state index contributed by atoms with van der Waals surface area (Å²) in [5.74, 6) is -0.266. The van der Waals surface area contributed by atoms with Crippen molar-refractivity contribution in [1.82, 2.24) is 10.2 Å². The number of fused-ring (bicyclic) bond motifs is 1. The van der Waals surface area contributed by atoms with E-state index in [4.69, 9.17) is 5.73 Å². The van der Waals surface area contributed by atoms with Crippen molar-refractivity contribution in [2.45, 2.75) is 6.18 Å². The van der Waals surface area contributed by atoms with Gasteiger partial charge >= 0.3 is 6.18 Å². The number of benzene rings is 1. The van der Waals surface area contributed by atoms with Gasteiger partial charge in [0, 0.05) is 27.1 Å². The molecule has 8 heteroatoms. The Bertz CT molecular complexity index is 829. The van der Waals surface area contributed by atoms with Crippen LogP contribution in [0.1, 0.15) is 5.56 Å². The number of aromatic hydroxyl groups is 1. The predicted molar refractivity (Wildman–Crippen MR) is 73.9 cm³/mol. The Hall–Kier alpha value is -2.35. The van der Waals surface area contributed by atoms with Crippen LogP contribution in [0.15, 0.2) is 29.0 Å². The Morgan fingerprint density at radius 3 is 2.48 bits per heavy atom. The molecule has 0 spiro atoms. The minimum atomic E-state index is -4.51. The molecule has 3 aromatic rings. The van der Waals surface area contributed by atoms with Gasteiger partial charge in [0.25, 0.3) is 0 Å². The molecule has 2 aromatic heterocycles. The fraction of sp³-hybridized carbons (Fsp3) is 0.0769. The standard InChI is InChI=1S/C13H8F3N3OS/c14-13(15,16)6-1-2-7(10(20)3-6)11-8-4-21-5-9(8)12(17)19-18-11/h1-5,20H,(H2,17,19). The van der Waals surface area contributed by atoms with Crippen LogP contribution >= 0.6 is 11.3 Å². The molecule has 0 aliphatic rings. The monoisotopic (exact) mass is 311 g/mol. The number of hydrogen-bond donors (Lipinski definition) is 2. The summed E-state index contributed by atoms with van der Waals surface area (Å²) < 4.78 is 37.8. The molecule has 3 rings (SSSR count). The summed E-state index contributed by atoms with van der Waals surface area (Å²) in [5.41, 5.74) is 5.24. The first-order valence-electron chi connectivity index (χ1n) is 5.76. The highest BCUT2D eigenvalue weighted by Gasteiger charge is 2.31.